The molecule has 0 aromatic heterocycles. The molecular formula is C14H14N4O3S2. The molecule has 2 aliphatic rings. The van der Waals surface area contributed by atoms with E-state index in [4.69, 9.17) is 5.11 Å². The summed E-state index contributed by atoms with van der Waals surface area (Å²) in [4.78, 5) is 34.0. The molecule has 0 radical (unpaired) electrons. The molecular weight excluding hydrogens is 336 g/mol. The number of rotatable bonds is 6. The van der Waals surface area contributed by atoms with Gasteiger partial charge in [-0.15, -0.1) is 0 Å². The third kappa shape index (κ3) is 3.41. The number of aromatic amines is 1. The fraction of sp³-hybridized carbons (Fsp3) is 0.286. The summed E-state index contributed by atoms with van der Waals surface area (Å²) >= 11 is 0. The Morgan fingerprint density at radius 1 is 1.13 bits per heavy atom. The normalized spacial score (nSPS) is 11.3. The Morgan fingerprint density at radius 2 is 1.91 bits per heavy atom. The molecule has 3 rings (SSSR count). The molecule has 0 unspecified atom stereocenters. The predicted molar refractivity (Wildman–Crippen MR) is 93.0 cm³/mol. The van der Waals surface area contributed by atoms with Crippen molar-refractivity contribution in [3.63, 3.8) is 0 Å². The molecule has 7 nitrogen and oxygen atoms in total. The second kappa shape index (κ2) is 7.16. The summed E-state index contributed by atoms with van der Waals surface area (Å²) < 4.78 is 1.85. The summed E-state index contributed by atoms with van der Waals surface area (Å²) in [5, 5.41) is 8.80. The predicted octanol–water partition coefficient (Wildman–Crippen LogP) is 0.958. The van der Waals surface area contributed by atoms with Crippen LogP contribution in [0.3, 0.4) is 0 Å². The van der Waals surface area contributed by atoms with Crippen molar-refractivity contribution < 1.29 is 5.11 Å². The summed E-state index contributed by atoms with van der Waals surface area (Å²) in [6, 6.07) is 7.44. The maximum Gasteiger partial charge on any atom is 0.349 e. The highest BCUT2D eigenvalue weighted by atomic mass is 33.1. The zero-order valence-electron chi connectivity index (χ0n) is 12.1. The van der Waals surface area contributed by atoms with E-state index in [1.807, 2.05) is 28.8 Å². The number of hydrogen-bond acceptors (Lipinski definition) is 7. The van der Waals surface area contributed by atoms with Gasteiger partial charge in [0.2, 0.25) is 0 Å². The number of aliphatic hydroxyl groups is 1. The molecule has 0 saturated heterocycles. The Kier molecular flexibility index (Phi) is 4.99. The SMILES string of the molecule is O=c1nc2n(CCSSCCO)c3ccccc3nc-2c(=O)[nH]1. The van der Waals surface area contributed by atoms with Gasteiger partial charge in [0.1, 0.15) is 0 Å². The number of fused-ring (bicyclic) bond motifs is 2. The van der Waals surface area contributed by atoms with E-state index in [9.17, 15) is 9.59 Å². The highest BCUT2D eigenvalue weighted by molar-refractivity contribution is 8.76. The summed E-state index contributed by atoms with van der Waals surface area (Å²) in [6.07, 6.45) is 0. The van der Waals surface area contributed by atoms with Crippen LogP contribution in [0.25, 0.3) is 22.6 Å². The van der Waals surface area contributed by atoms with Gasteiger partial charge in [-0.1, -0.05) is 33.7 Å². The van der Waals surface area contributed by atoms with E-state index in [-0.39, 0.29) is 12.3 Å². The Balaban J connectivity index is 2.07. The van der Waals surface area contributed by atoms with E-state index >= 15 is 0 Å². The average Bonchev–Trinajstić information content (AvgIpc) is 2.54. The van der Waals surface area contributed by atoms with Gasteiger partial charge in [0.05, 0.1) is 17.6 Å². The monoisotopic (exact) mass is 350 g/mol. The molecule has 1 aromatic carbocycles. The van der Waals surface area contributed by atoms with Crippen LogP contribution in [0.1, 0.15) is 0 Å². The maximum absolute atomic E-state index is 12.0. The summed E-state index contributed by atoms with van der Waals surface area (Å²) in [5.41, 5.74) is 0.470. The lowest BCUT2D eigenvalue weighted by molar-refractivity contribution is 0.323. The first kappa shape index (κ1) is 16.0. The number of H-pyrrole nitrogens is 1. The number of hydrogen-bond donors (Lipinski definition) is 2. The van der Waals surface area contributed by atoms with Gasteiger partial charge in [0, 0.05) is 18.1 Å². The molecule has 2 heterocycles. The molecule has 0 spiro atoms. The van der Waals surface area contributed by atoms with Gasteiger partial charge >= 0.3 is 5.69 Å². The quantitative estimate of drug-likeness (QED) is 0.388. The topological polar surface area (TPSA) is 101 Å². The van der Waals surface area contributed by atoms with Crippen molar-refractivity contribution in [1.82, 2.24) is 19.5 Å². The number of nitrogens with one attached hydrogen (secondary N) is 1. The molecule has 0 amide bonds. The van der Waals surface area contributed by atoms with Gasteiger partial charge < -0.3 is 9.67 Å². The summed E-state index contributed by atoms with van der Waals surface area (Å²) in [5.74, 6) is 1.71. The first-order valence-corrected chi connectivity index (χ1v) is 9.44. The fourth-order valence-electron chi connectivity index (χ4n) is 2.26. The van der Waals surface area contributed by atoms with Crippen LogP contribution in [0.15, 0.2) is 33.9 Å². The molecule has 0 aliphatic carbocycles. The molecule has 9 heteroatoms. The number of aliphatic hydroxyl groups excluding tert-OH is 1. The van der Waals surface area contributed by atoms with Gasteiger partial charge in [-0.25, -0.2) is 9.78 Å². The lowest BCUT2D eigenvalue weighted by Gasteiger charge is -2.16. The molecule has 120 valence electrons. The molecule has 2 aliphatic heterocycles. The number of aromatic nitrogens is 4. The lowest BCUT2D eigenvalue weighted by atomic mass is 10.2. The molecule has 2 N–H and O–H groups in total. The van der Waals surface area contributed by atoms with Crippen LogP contribution in [0, 0.1) is 0 Å². The van der Waals surface area contributed by atoms with E-state index in [1.54, 1.807) is 21.6 Å². The zero-order chi connectivity index (χ0) is 16.2. The van der Waals surface area contributed by atoms with Crippen LogP contribution < -0.4 is 11.2 Å². The lowest BCUT2D eigenvalue weighted by Crippen LogP contribution is -2.29. The third-order valence-electron chi connectivity index (χ3n) is 3.17. The highest BCUT2D eigenvalue weighted by Crippen LogP contribution is 2.24. The van der Waals surface area contributed by atoms with Crippen LogP contribution in [-0.4, -0.2) is 42.7 Å². The van der Waals surface area contributed by atoms with Gasteiger partial charge in [0.15, 0.2) is 11.5 Å². The van der Waals surface area contributed by atoms with Crippen molar-refractivity contribution in [1.29, 1.82) is 0 Å². The second-order valence-corrected chi connectivity index (χ2v) is 7.37. The molecule has 23 heavy (non-hydrogen) atoms. The van der Waals surface area contributed by atoms with Crippen molar-refractivity contribution in [2.24, 2.45) is 0 Å². The first-order chi connectivity index (χ1) is 11.2. The van der Waals surface area contributed by atoms with Crippen molar-refractivity contribution in [3.05, 3.63) is 45.1 Å². The molecule has 0 fully saturated rings. The van der Waals surface area contributed by atoms with Crippen LogP contribution in [0.4, 0.5) is 0 Å². The number of para-hydroxylation sites is 2. The Labute approximate surface area is 138 Å². The Bertz CT molecular complexity index is 909. The van der Waals surface area contributed by atoms with Crippen molar-refractivity contribution in [2.45, 2.75) is 6.54 Å². The number of aryl methyl sites for hydroxylation is 1. The van der Waals surface area contributed by atoms with Crippen LogP contribution in [0.5, 0.6) is 0 Å². The maximum atomic E-state index is 12.0. The van der Waals surface area contributed by atoms with Crippen molar-refractivity contribution in [2.75, 3.05) is 18.1 Å². The highest BCUT2D eigenvalue weighted by Gasteiger charge is 2.18. The largest absolute Gasteiger partial charge is 0.395 e. The van der Waals surface area contributed by atoms with E-state index in [0.29, 0.717) is 23.6 Å². The molecule has 0 atom stereocenters. The molecule has 1 aromatic rings. The van der Waals surface area contributed by atoms with Crippen LogP contribution in [-0.2, 0) is 6.54 Å². The van der Waals surface area contributed by atoms with Gasteiger partial charge in [-0.3, -0.25) is 9.78 Å². The van der Waals surface area contributed by atoms with Crippen LogP contribution in [0.2, 0.25) is 0 Å². The summed E-state index contributed by atoms with van der Waals surface area (Å²) in [7, 11) is 3.20. The number of nitrogens with zero attached hydrogens (tertiary/aromatic N) is 3. The Hall–Kier alpha value is -1.84. The van der Waals surface area contributed by atoms with Gasteiger partial charge in [-0.2, -0.15) is 4.98 Å². The molecule has 0 saturated carbocycles. The number of benzene rings is 1. The minimum absolute atomic E-state index is 0.141. The van der Waals surface area contributed by atoms with Crippen LogP contribution >= 0.6 is 21.6 Å². The minimum atomic E-state index is -0.671. The fourth-order valence-corrected chi connectivity index (χ4v) is 3.98. The standard InChI is InChI=1S/C14H14N4O3S2/c19-6-8-23-22-7-5-18-10-4-2-1-3-9(10)15-11-12(18)16-14(21)17-13(11)20/h1-4,19H,5-8H2,(H,17,20,21). The zero-order valence-corrected chi connectivity index (χ0v) is 13.7. The van der Waals surface area contributed by atoms with E-state index in [1.165, 1.54) is 0 Å². The minimum Gasteiger partial charge on any atom is -0.395 e. The third-order valence-corrected chi connectivity index (χ3v) is 5.54. The summed E-state index contributed by atoms with van der Waals surface area (Å²) in [6.45, 7) is 0.723. The average molecular weight is 350 g/mol. The van der Waals surface area contributed by atoms with E-state index in [0.717, 1.165) is 11.3 Å². The second-order valence-electron chi connectivity index (χ2n) is 4.66. The van der Waals surface area contributed by atoms with Crippen molar-refractivity contribution in [3.8, 4) is 11.5 Å². The van der Waals surface area contributed by atoms with E-state index in [2.05, 4.69) is 15.0 Å². The van der Waals surface area contributed by atoms with Crippen molar-refractivity contribution >= 4 is 32.6 Å². The van der Waals surface area contributed by atoms with Gasteiger partial charge in [0.25, 0.3) is 5.56 Å². The smallest absolute Gasteiger partial charge is 0.349 e. The first-order valence-electron chi connectivity index (χ1n) is 6.95. The van der Waals surface area contributed by atoms with E-state index < -0.39 is 11.2 Å². The molecule has 0 bridgehead atoms. The Morgan fingerprint density at radius 3 is 2.74 bits per heavy atom. The van der Waals surface area contributed by atoms with Gasteiger partial charge in [-0.05, 0) is 12.1 Å².